The first-order valence-electron chi connectivity index (χ1n) is 10.1. The van der Waals surface area contributed by atoms with Crippen LogP contribution in [0.5, 0.6) is 0 Å². The van der Waals surface area contributed by atoms with Crippen LogP contribution in [0, 0.1) is 0 Å². The van der Waals surface area contributed by atoms with Gasteiger partial charge in [-0.15, -0.1) is 0 Å². The minimum absolute atomic E-state index is 0.242. The van der Waals surface area contributed by atoms with Gasteiger partial charge < -0.3 is 0 Å². The number of benzene rings is 4. The van der Waals surface area contributed by atoms with Gasteiger partial charge in [-0.1, -0.05) is 109 Å². The summed E-state index contributed by atoms with van der Waals surface area (Å²) in [7, 11) is 0. The molecule has 3 heteroatoms. The number of rotatable bonds is 4. The molecule has 0 radical (unpaired) electrons. The Morgan fingerprint density at radius 3 is 1.10 bits per heavy atom. The Balaban J connectivity index is 1.45. The molecule has 5 rings (SSSR count). The van der Waals surface area contributed by atoms with E-state index in [2.05, 4.69) is 82.8 Å². The van der Waals surface area contributed by atoms with Crippen LogP contribution < -0.4 is 0 Å². The molecule has 4 aromatic carbocycles. The summed E-state index contributed by atoms with van der Waals surface area (Å²) in [5.74, 6) is 0. The molecule has 0 saturated carbocycles. The molecule has 0 amide bonds. The fourth-order valence-corrected chi connectivity index (χ4v) is 3.82. The lowest BCUT2D eigenvalue weighted by atomic mass is 10.0. The Hall–Kier alpha value is -3.75. The monoisotopic (exact) mass is 418 g/mol. The molecule has 0 N–H and O–H groups in total. The van der Waals surface area contributed by atoms with E-state index in [0.29, 0.717) is 0 Å². The molecule has 0 unspecified atom stereocenters. The van der Waals surface area contributed by atoms with Crippen LogP contribution in [0.2, 0.25) is 5.28 Å². The predicted octanol–water partition coefficient (Wildman–Crippen LogP) is 7.80. The molecular weight excluding hydrogens is 400 g/mol. The molecule has 0 bridgehead atoms. The molecule has 0 fully saturated rings. The lowest BCUT2D eigenvalue weighted by Gasteiger charge is -2.08. The van der Waals surface area contributed by atoms with Gasteiger partial charge in [-0.25, -0.2) is 9.97 Å². The summed E-state index contributed by atoms with van der Waals surface area (Å²) in [6.45, 7) is 0. The standard InChI is InChI=1S/C28H19ClN2/c29-28-30-26(24-15-11-22(12-16-24)20-7-3-1-4-8-20)19-27(31-28)25-17-13-23(14-18-25)21-9-5-2-6-10-21/h1-19H. The van der Waals surface area contributed by atoms with Gasteiger partial charge in [0.15, 0.2) is 0 Å². The maximum Gasteiger partial charge on any atom is 0.223 e. The summed E-state index contributed by atoms with van der Waals surface area (Å²) in [5, 5.41) is 0.242. The Bertz CT molecular complexity index is 1200. The van der Waals surface area contributed by atoms with Crippen LogP contribution >= 0.6 is 11.6 Å². The summed E-state index contributed by atoms with van der Waals surface area (Å²) in [4.78, 5) is 8.90. The van der Waals surface area contributed by atoms with Crippen molar-refractivity contribution in [3.63, 3.8) is 0 Å². The Morgan fingerprint density at radius 1 is 0.387 bits per heavy atom. The second-order valence-electron chi connectivity index (χ2n) is 7.29. The van der Waals surface area contributed by atoms with E-state index < -0.39 is 0 Å². The van der Waals surface area contributed by atoms with Gasteiger partial charge in [0, 0.05) is 11.1 Å². The maximum absolute atomic E-state index is 6.28. The summed E-state index contributed by atoms with van der Waals surface area (Å²) >= 11 is 6.28. The highest BCUT2D eigenvalue weighted by atomic mass is 35.5. The second-order valence-corrected chi connectivity index (χ2v) is 7.63. The van der Waals surface area contributed by atoms with Crippen molar-refractivity contribution in [1.82, 2.24) is 9.97 Å². The largest absolute Gasteiger partial charge is 0.223 e. The number of aromatic nitrogens is 2. The first-order chi connectivity index (χ1) is 15.3. The van der Waals surface area contributed by atoms with Crippen molar-refractivity contribution in [2.24, 2.45) is 0 Å². The van der Waals surface area contributed by atoms with E-state index in [1.54, 1.807) is 0 Å². The van der Waals surface area contributed by atoms with Crippen LogP contribution in [-0.2, 0) is 0 Å². The summed E-state index contributed by atoms with van der Waals surface area (Å²) in [5.41, 5.74) is 8.34. The Morgan fingerprint density at radius 2 is 0.710 bits per heavy atom. The van der Waals surface area contributed by atoms with Crippen LogP contribution in [0.3, 0.4) is 0 Å². The highest BCUT2D eigenvalue weighted by Gasteiger charge is 2.09. The lowest BCUT2D eigenvalue weighted by molar-refractivity contribution is 1.18. The molecule has 0 atom stereocenters. The zero-order chi connectivity index (χ0) is 21.0. The van der Waals surface area contributed by atoms with Gasteiger partial charge in [-0.3, -0.25) is 0 Å². The lowest BCUT2D eigenvalue weighted by Crippen LogP contribution is -1.92. The second kappa shape index (κ2) is 8.55. The number of halogens is 1. The van der Waals surface area contributed by atoms with Gasteiger partial charge in [0.05, 0.1) is 11.4 Å². The first kappa shape index (κ1) is 19.2. The van der Waals surface area contributed by atoms with Crippen LogP contribution in [0.15, 0.2) is 115 Å². The van der Waals surface area contributed by atoms with Gasteiger partial charge in [0.25, 0.3) is 0 Å². The van der Waals surface area contributed by atoms with Crippen molar-refractivity contribution < 1.29 is 0 Å². The minimum atomic E-state index is 0.242. The van der Waals surface area contributed by atoms with E-state index in [1.165, 1.54) is 22.3 Å². The van der Waals surface area contributed by atoms with Gasteiger partial charge in [0.2, 0.25) is 5.28 Å². The molecule has 148 valence electrons. The number of hydrogen-bond acceptors (Lipinski definition) is 2. The minimum Gasteiger partial charge on any atom is -0.218 e. The molecule has 31 heavy (non-hydrogen) atoms. The molecule has 2 nitrogen and oxygen atoms in total. The fraction of sp³-hybridized carbons (Fsp3) is 0. The molecule has 1 aromatic heterocycles. The third-order valence-corrected chi connectivity index (χ3v) is 5.44. The third-order valence-electron chi connectivity index (χ3n) is 5.27. The zero-order valence-electron chi connectivity index (χ0n) is 16.7. The first-order valence-corrected chi connectivity index (χ1v) is 10.5. The van der Waals surface area contributed by atoms with Crippen molar-refractivity contribution in [3.05, 3.63) is 121 Å². The summed E-state index contributed by atoms with van der Waals surface area (Å²) in [6.07, 6.45) is 0. The highest BCUT2D eigenvalue weighted by Crippen LogP contribution is 2.29. The van der Waals surface area contributed by atoms with E-state index in [-0.39, 0.29) is 5.28 Å². The van der Waals surface area contributed by atoms with E-state index in [4.69, 9.17) is 11.6 Å². The molecule has 0 aliphatic carbocycles. The molecule has 1 heterocycles. The van der Waals surface area contributed by atoms with Crippen molar-refractivity contribution in [1.29, 1.82) is 0 Å². The fourth-order valence-electron chi connectivity index (χ4n) is 3.64. The van der Waals surface area contributed by atoms with E-state index in [1.807, 2.05) is 42.5 Å². The molecule has 0 aliphatic rings. The Kier molecular flexibility index (Phi) is 5.30. The highest BCUT2D eigenvalue weighted by molar-refractivity contribution is 6.28. The Labute approximate surface area is 186 Å². The molecule has 0 aliphatic heterocycles. The van der Waals surface area contributed by atoms with E-state index in [9.17, 15) is 0 Å². The smallest absolute Gasteiger partial charge is 0.218 e. The third kappa shape index (κ3) is 4.25. The number of hydrogen-bond donors (Lipinski definition) is 0. The van der Waals surface area contributed by atoms with Crippen molar-refractivity contribution >= 4 is 11.6 Å². The maximum atomic E-state index is 6.28. The normalized spacial score (nSPS) is 10.7. The van der Waals surface area contributed by atoms with Crippen molar-refractivity contribution in [3.8, 4) is 44.8 Å². The topological polar surface area (TPSA) is 25.8 Å². The average Bonchev–Trinajstić information content (AvgIpc) is 2.85. The number of nitrogens with zero attached hydrogens (tertiary/aromatic N) is 2. The van der Waals surface area contributed by atoms with E-state index >= 15 is 0 Å². The SMILES string of the molecule is Clc1nc(-c2ccc(-c3ccccc3)cc2)cc(-c2ccc(-c3ccccc3)cc2)n1. The van der Waals surface area contributed by atoms with Crippen molar-refractivity contribution in [2.75, 3.05) is 0 Å². The molecule has 0 saturated heterocycles. The summed E-state index contributed by atoms with van der Waals surface area (Å²) < 4.78 is 0. The quantitative estimate of drug-likeness (QED) is 0.278. The predicted molar refractivity (Wildman–Crippen MR) is 129 cm³/mol. The van der Waals surface area contributed by atoms with Crippen LogP contribution in [0.25, 0.3) is 44.8 Å². The van der Waals surface area contributed by atoms with Gasteiger partial charge in [0.1, 0.15) is 0 Å². The zero-order valence-corrected chi connectivity index (χ0v) is 17.5. The average molecular weight is 419 g/mol. The van der Waals surface area contributed by atoms with Gasteiger partial charge >= 0.3 is 0 Å². The summed E-state index contributed by atoms with van der Waals surface area (Å²) in [6, 6.07) is 39.3. The van der Waals surface area contributed by atoms with Crippen LogP contribution in [0.4, 0.5) is 0 Å². The molecule has 0 spiro atoms. The molecular formula is C28H19ClN2. The molecule has 5 aromatic rings. The van der Waals surface area contributed by atoms with Crippen LogP contribution in [-0.4, -0.2) is 9.97 Å². The van der Waals surface area contributed by atoms with Crippen molar-refractivity contribution in [2.45, 2.75) is 0 Å². The van der Waals surface area contributed by atoms with Gasteiger partial charge in [-0.2, -0.15) is 0 Å². The van der Waals surface area contributed by atoms with E-state index in [0.717, 1.165) is 22.5 Å². The van der Waals surface area contributed by atoms with Gasteiger partial charge in [-0.05, 0) is 39.9 Å². The van der Waals surface area contributed by atoms with Crippen LogP contribution in [0.1, 0.15) is 0 Å².